The molecule has 7 heteroatoms. The van der Waals surface area contributed by atoms with Crippen LogP contribution in [0.3, 0.4) is 0 Å². The number of rotatable bonds is 8. The highest BCUT2D eigenvalue weighted by molar-refractivity contribution is 5.86. The number of methoxy groups -OCH3 is 1. The van der Waals surface area contributed by atoms with Gasteiger partial charge in [0.2, 0.25) is 0 Å². The van der Waals surface area contributed by atoms with Crippen molar-refractivity contribution in [3.63, 3.8) is 0 Å². The lowest BCUT2D eigenvalue weighted by Gasteiger charge is -2.30. The molecule has 2 aromatic rings. The molecular formula is C21H27NO6. The molecule has 0 unspecified atom stereocenters. The zero-order valence-corrected chi connectivity index (χ0v) is 16.7. The summed E-state index contributed by atoms with van der Waals surface area (Å²) in [7, 11) is 1.66. The third kappa shape index (κ3) is 4.54. The van der Waals surface area contributed by atoms with Gasteiger partial charge in [0.25, 0.3) is 0 Å². The van der Waals surface area contributed by atoms with Crippen LogP contribution in [0.5, 0.6) is 5.75 Å². The average molecular weight is 389 g/mol. The average Bonchev–Trinajstić information content (AvgIpc) is 2.69. The second-order valence-corrected chi connectivity index (χ2v) is 7.01. The van der Waals surface area contributed by atoms with Crippen molar-refractivity contribution in [3.8, 4) is 5.75 Å². The van der Waals surface area contributed by atoms with E-state index in [4.69, 9.17) is 18.6 Å². The topological polar surface area (TPSA) is 78.2 Å². The van der Waals surface area contributed by atoms with Gasteiger partial charge in [-0.3, -0.25) is 9.69 Å². The van der Waals surface area contributed by atoms with Crippen LogP contribution in [0.4, 0.5) is 0 Å². The van der Waals surface area contributed by atoms with Crippen molar-refractivity contribution in [3.05, 3.63) is 39.2 Å². The van der Waals surface area contributed by atoms with Crippen LogP contribution >= 0.6 is 0 Å². The Morgan fingerprint density at radius 1 is 1.29 bits per heavy atom. The Morgan fingerprint density at radius 2 is 2.11 bits per heavy atom. The van der Waals surface area contributed by atoms with Crippen molar-refractivity contribution in [2.75, 3.05) is 33.6 Å². The molecule has 152 valence electrons. The summed E-state index contributed by atoms with van der Waals surface area (Å²) in [6, 6.07) is 3.45. The van der Waals surface area contributed by atoms with Crippen molar-refractivity contribution in [1.82, 2.24) is 4.90 Å². The molecule has 0 atom stereocenters. The SMILES string of the molecule is CCCOC(=O)CCc1cc2c(C)cc(=O)oc2c2c1OCN(CCOC)C2. The number of carbonyl (C=O) groups excluding carboxylic acids is 1. The van der Waals surface area contributed by atoms with E-state index in [1.807, 2.05) is 19.9 Å². The molecule has 0 radical (unpaired) electrons. The Labute approximate surface area is 164 Å². The minimum Gasteiger partial charge on any atom is -0.477 e. The fraction of sp³-hybridized carbons (Fsp3) is 0.524. The summed E-state index contributed by atoms with van der Waals surface area (Å²) in [5, 5.41) is 0.868. The van der Waals surface area contributed by atoms with Crippen LogP contribution in [0, 0.1) is 6.92 Å². The Hall–Kier alpha value is -2.38. The number of esters is 1. The summed E-state index contributed by atoms with van der Waals surface area (Å²) < 4.78 is 21.9. The molecule has 28 heavy (non-hydrogen) atoms. The normalized spacial score (nSPS) is 14.0. The summed E-state index contributed by atoms with van der Waals surface area (Å²) >= 11 is 0. The first-order valence-corrected chi connectivity index (χ1v) is 9.62. The molecule has 2 heterocycles. The van der Waals surface area contributed by atoms with Crippen LogP contribution < -0.4 is 10.4 Å². The number of aryl methyl sites for hydroxylation is 2. The van der Waals surface area contributed by atoms with E-state index in [0.717, 1.165) is 28.5 Å². The maximum Gasteiger partial charge on any atom is 0.336 e. The van der Waals surface area contributed by atoms with Crippen molar-refractivity contribution < 1.29 is 23.4 Å². The smallest absolute Gasteiger partial charge is 0.336 e. The fourth-order valence-corrected chi connectivity index (χ4v) is 3.38. The highest BCUT2D eigenvalue weighted by Crippen LogP contribution is 2.37. The van der Waals surface area contributed by atoms with Gasteiger partial charge in [-0.1, -0.05) is 6.92 Å². The number of fused-ring (bicyclic) bond motifs is 3. The standard InChI is InChI=1S/C21H27NO6/c1-4-8-26-18(23)6-5-15-11-16-14(2)10-19(24)28-21(16)17-12-22(7-9-25-3)13-27-20(15)17/h10-11H,4-9,12-13H2,1-3H3. The van der Waals surface area contributed by atoms with E-state index in [0.29, 0.717) is 50.8 Å². The molecule has 1 aromatic carbocycles. The zero-order valence-electron chi connectivity index (χ0n) is 16.7. The highest BCUT2D eigenvalue weighted by Gasteiger charge is 2.25. The molecule has 1 aliphatic heterocycles. The molecule has 0 saturated carbocycles. The molecule has 0 bridgehead atoms. The molecule has 0 spiro atoms. The lowest BCUT2D eigenvalue weighted by Crippen LogP contribution is -2.35. The summed E-state index contributed by atoms with van der Waals surface area (Å²) in [5.74, 6) is 0.489. The predicted octanol–water partition coefficient (Wildman–Crippen LogP) is 2.79. The lowest BCUT2D eigenvalue weighted by molar-refractivity contribution is -0.143. The van der Waals surface area contributed by atoms with Crippen LogP contribution in [-0.4, -0.2) is 44.5 Å². The van der Waals surface area contributed by atoms with E-state index in [-0.39, 0.29) is 18.0 Å². The maximum atomic E-state index is 11.9. The summed E-state index contributed by atoms with van der Waals surface area (Å²) in [6.07, 6.45) is 1.59. The van der Waals surface area contributed by atoms with Crippen LogP contribution in [-0.2, 0) is 27.2 Å². The minimum absolute atomic E-state index is 0.218. The molecule has 0 N–H and O–H groups in total. The van der Waals surface area contributed by atoms with Crippen molar-refractivity contribution in [2.45, 2.75) is 39.7 Å². The lowest BCUT2D eigenvalue weighted by atomic mass is 9.97. The fourth-order valence-electron chi connectivity index (χ4n) is 3.38. The van der Waals surface area contributed by atoms with Gasteiger partial charge in [-0.2, -0.15) is 0 Å². The van der Waals surface area contributed by atoms with Gasteiger partial charge in [-0.05, 0) is 37.0 Å². The quantitative estimate of drug-likeness (QED) is 0.507. The number of hydrogen-bond acceptors (Lipinski definition) is 7. The number of carbonyl (C=O) groups is 1. The third-order valence-corrected chi connectivity index (χ3v) is 4.82. The second-order valence-electron chi connectivity index (χ2n) is 7.01. The van der Waals surface area contributed by atoms with E-state index in [1.165, 1.54) is 6.07 Å². The van der Waals surface area contributed by atoms with Crippen molar-refractivity contribution in [2.24, 2.45) is 0 Å². The van der Waals surface area contributed by atoms with Gasteiger partial charge in [0, 0.05) is 38.1 Å². The Morgan fingerprint density at radius 3 is 2.86 bits per heavy atom. The second kappa shape index (κ2) is 9.21. The van der Waals surface area contributed by atoms with Crippen molar-refractivity contribution in [1.29, 1.82) is 0 Å². The van der Waals surface area contributed by atoms with Crippen LogP contribution in [0.25, 0.3) is 11.0 Å². The van der Waals surface area contributed by atoms with Crippen LogP contribution in [0.1, 0.15) is 36.5 Å². The van der Waals surface area contributed by atoms with Gasteiger partial charge in [-0.15, -0.1) is 0 Å². The first-order valence-electron chi connectivity index (χ1n) is 9.62. The minimum atomic E-state index is -0.378. The van der Waals surface area contributed by atoms with E-state index >= 15 is 0 Å². The van der Waals surface area contributed by atoms with Crippen LogP contribution in [0.15, 0.2) is 21.3 Å². The van der Waals surface area contributed by atoms with Gasteiger partial charge < -0.3 is 18.6 Å². The van der Waals surface area contributed by atoms with Crippen LogP contribution in [0.2, 0.25) is 0 Å². The Kier molecular flexibility index (Phi) is 6.70. The molecule has 1 aliphatic rings. The molecule has 7 nitrogen and oxygen atoms in total. The first-order chi connectivity index (χ1) is 13.5. The summed E-state index contributed by atoms with van der Waals surface area (Å²) in [4.78, 5) is 26.0. The van der Waals surface area contributed by atoms with Crippen molar-refractivity contribution >= 4 is 16.9 Å². The summed E-state index contributed by atoms with van der Waals surface area (Å²) in [6.45, 7) is 6.60. The molecule has 3 rings (SSSR count). The largest absolute Gasteiger partial charge is 0.477 e. The van der Waals surface area contributed by atoms with Gasteiger partial charge in [0.05, 0.1) is 18.8 Å². The van der Waals surface area contributed by atoms with Gasteiger partial charge in [0.15, 0.2) is 0 Å². The number of benzene rings is 1. The Bertz CT molecular complexity index is 904. The molecule has 0 saturated heterocycles. The Balaban J connectivity index is 1.96. The zero-order chi connectivity index (χ0) is 20.1. The van der Waals surface area contributed by atoms with Gasteiger partial charge >= 0.3 is 11.6 Å². The monoisotopic (exact) mass is 389 g/mol. The van der Waals surface area contributed by atoms with E-state index in [1.54, 1.807) is 7.11 Å². The molecule has 0 amide bonds. The van der Waals surface area contributed by atoms with Gasteiger partial charge in [0.1, 0.15) is 18.1 Å². The predicted molar refractivity (Wildman–Crippen MR) is 105 cm³/mol. The van der Waals surface area contributed by atoms with E-state index < -0.39 is 0 Å². The van der Waals surface area contributed by atoms with E-state index in [2.05, 4.69) is 4.90 Å². The first kappa shape index (κ1) is 20.4. The van der Waals surface area contributed by atoms with E-state index in [9.17, 15) is 9.59 Å². The molecular weight excluding hydrogens is 362 g/mol. The number of hydrogen-bond donors (Lipinski definition) is 0. The third-order valence-electron chi connectivity index (χ3n) is 4.82. The maximum absolute atomic E-state index is 11.9. The summed E-state index contributed by atoms with van der Waals surface area (Å²) in [5.41, 5.74) is 2.80. The molecule has 1 aromatic heterocycles. The number of ether oxygens (including phenoxy) is 3. The highest BCUT2D eigenvalue weighted by atomic mass is 16.5. The van der Waals surface area contributed by atoms with Gasteiger partial charge in [-0.25, -0.2) is 4.79 Å². The molecule has 0 aliphatic carbocycles. The number of nitrogens with zero attached hydrogens (tertiary/aromatic N) is 1. The molecule has 0 fully saturated rings.